The van der Waals surface area contributed by atoms with Gasteiger partial charge in [-0.3, -0.25) is 14.2 Å². The molecule has 1 unspecified atom stereocenters. The molecule has 0 radical (unpaired) electrons. The van der Waals surface area contributed by atoms with E-state index in [0.717, 1.165) is 12.0 Å². The highest BCUT2D eigenvalue weighted by Gasteiger charge is 2.21. The topological polar surface area (TPSA) is 82.5 Å². The van der Waals surface area contributed by atoms with Gasteiger partial charge in [-0.2, -0.15) is 0 Å². The summed E-state index contributed by atoms with van der Waals surface area (Å²) >= 11 is 5.96. The van der Waals surface area contributed by atoms with Crippen LogP contribution in [0.5, 0.6) is 11.5 Å². The number of carbonyl (C=O) groups is 1. The molecule has 2 aromatic carbocycles. The molecular weight excluding hydrogens is 418 g/mol. The van der Waals surface area contributed by atoms with Crippen molar-refractivity contribution in [3.05, 3.63) is 63.7 Å². The zero-order valence-corrected chi connectivity index (χ0v) is 18.2. The summed E-state index contributed by atoms with van der Waals surface area (Å²) in [4.78, 5) is 29.8. The van der Waals surface area contributed by atoms with Crippen LogP contribution in [0.4, 0.5) is 0 Å². The van der Waals surface area contributed by atoms with E-state index in [1.165, 1.54) is 10.9 Å². The Morgan fingerprint density at radius 3 is 2.71 bits per heavy atom. The van der Waals surface area contributed by atoms with E-state index in [2.05, 4.69) is 10.3 Å². The van der Waals surface area contributed by atoms with Gasteiger partial charge >= 0.3 is 0 Å². The van der Waals surface area contributed by atoms with Crippen molar-refractivity contribution in [2.24, 2.45) is 5.92 Å². The lowest BCUT2D eigenvalue weighted by molar-refractivity contribution is -0.122. The summed E-state index contributed by atoms with van der Waals surface area (Å²) in [6, 6.07) is 10.4. The van der Waals surface area contributed by atoms with Crippen LogP contribution in [0.3, 0.4) is 0 Å². The zero-order valence-electron chi connectivity index (χ0n) is 17.4. The third kappa shape index (κ3) is 4.66. The Hall–Kier alpha value is -3.06. The molecule has 31 heavy (non-hydrogen) atoms. The normalized spacial score (nSPS) is 14.3. The summed E-state index contributed by atoms with van der Waals surface area (Å²) < 4.78 is 12.8. The molecule has 1 aromatic heterocycles. The van der Waals surface area contributed by atoms with E-state index in [0.29, 0.717) is 40.6 Å². The molecule has 8 heteroatoms. The van der Waals surface area contributed by atoms with Gasteiger partial charge in [0.25, 0.3) is 5.56 Å². The predicted molar refractivity (Wildman–Crippen MR) is 119 cm³/mol. The lowest BCUT2D eigenvalue weighted by atomic mass is 9.95. The summed E-state index contributed by atoms with van der Waals surface area (Å²) in [7, 11) is 0. The predicted octanol–water partition coefficient (Wildman–Crippen LogP) is 3.72. The van der Waals surface area contributed by atoms with E-state index in [-0.39, 0.29) is 30.0 Å². The minimum atomic E-state index is -0.284. The average molecular weight is 442 g/mol. The fourth-order valence-corrected chi connectivity index (χ4v) is 3.79. The van der Waals surface area contributed by atoms with Gasteiger partial charge in [0.2, 0.25) is 5.91 Å². The number of ether oxygens (including phenoxy) is 2. The van der Waals surface area contributed by atoms with E-state index in [9.17, 15) is 9.59 Å². The number of hydrogen-bond donors (Lipinski definition) is 1. The fourth-order valence-electron chi connectivity index (χ4n) is 3.63. The molecule has 1 aliphatic rings. The van der Waals surface area contributed by atoms with Crippen LogP contribution >= 0.6 is 11.6 Å². The highest BCUT2D eigenvalue weighted by Crippen LogP contribution is 2.34. The van der Waals surface area contributed by atoms with E-state index in [1.54, 1.807) is 18.2 Å². The Balaban J connectivity index is 1.54. The summed E-state index contributed by atoms with van der Waals surface area (Å²) in [5.41, 5.74) is 1.14. The van der Waals surface area contributed by atoms with E-state index in [1.807, 2.05) is 32.0 Å². The minimum absolute atomic E-state index is 0.127. The maximum absolute atomic E-state index is 12.8. The highest BCUT2D eigenvalue weighted by atomic mass is 35.5. The second kappa shape index (κ2) is 8.98. The van der Waals surface area contributed by atoms with Crippen molar-refractivity contribution >= 4 is 28.4 Å². The smallest absolute Gasteiger partial charge is 0.261 e. The van der Waals surface area contributed by atoms with Gasteiger partial charge in [-0.1, -0.05) is 31.5 Å². The van der Waals surface area contributed by atoms with Crippen molar-refractivity contribution in [2.45, 2.75) is 32.9 Å². The minimum Gasteiger partial charge on any atom is -0.490 e. The van der Waals surface area contributed by atoms with E-state index < -0.39 is 0 Å². The number of aromatic nitrogens is 2. The molecule has 0 aliphatic carbocycles. The van der Waals surface area contributed by atoms with Gasteiger partial charge in [-0.05, 0) is 41.8 Å². The molecule has 2 heterocycles. The summed E-state index contributed by atoms with van der Waals surface area (Å²) in [6.07, 6.45) is 2.20. The number of halogens is 1. The second-order valence-electron chi connectivity index (χ2n) is 7.88. The lowest BCUT2D eigenvalue weighted by Gasteiger charge is -2.24. The third-order valence-corrected chi connectivity index (χ3v) is 5.45. The van der Waals surface area contributed by atoms with Gasteiger partial charge in [0.05, 0.1) is 36.5 Å². The Morgan fingerprint density at radius 2 is 1.94 bits per heavy atom. The molecule has 4 rings (SSSR count). The Morgan fingerprint density at radius 1 is 1.16 bits per heavy atom. The number of nitrogens with one attached hydrogen (secondary N) is 1. The van der Waals surface area contributed by atoms with Gasteiger partial charge in [0.15, 0.2) is 11.5 Å². The first kappa shape index (κ1) is 21.2. The quantitative estimate of drug-likeness (QED) is 0.652. The molecule has 1 N–H and O–H groups in total. The molecule has 7 nitrogen and oxygen atoms in total. The van der Waals surface area contributed by atoms with Crippen LogP contribution in [-0.2, 0) is 11.3 Å². The molecule has 1 amide bonds. The average Bonchev–Trinajstić information content (AvgIpc) is 2.98. The van der Waals surface area contributed by atoms with Crippen LogP contribution < -0.4 is 20.3 Å². The number of nitrogens with zero attached hydrogens (tertiary/aromatic N) is 2. The van der Waals surface area contributed by atoms with Gasteiger partial charge < -0.3 is 14.8 Å². The number of carbonyl (C=O) groups excluding carboxylic acids is 1. The molecule has 3 aromatic rings. The van der Waals surface area contributed by atoms with E-state index in [4.69, 9.17) is 21.1 Å². The molecule has 162 valence electrons. The summed E-state index contributed by atoms with van der Waals surface area (Å²) in [6.45, 7) is 5.15. The van der Waals surface area contributed by atoms with Gasteiger partial charge in [-0.25, -0.2) is 4.98 Å². The molecule has 1 aliphatic heterocycles. The standard InChI is InChI=1S/C23H24ClN3O4/c1-14(2)22(15-4-7-19-20(10-15)31-9-3-8-30-19)26-21(28)12-27-13-25-18-11-16(24)5-6-17(18)23(27)29/h4-7,10-11,13-14,22H,3,8-9,12H2,1-2H3,(H,26,28). The van der Waals surface area contributed by atoms with Crippen molar-refractivity contribution < 1.29 is 14.3 Å². The molecule has 0 spiro atoms. The summed E-state index contributed by atoms with van der Waals surface area (Å²) in [5.74, 6) is 1.25. The molecular formula is C23H24ClN3O4. The van der Waals surface area contributed by atoms with Crippen LogP contribution in [0, 0.1) is 5.92 Å². The lowest BCUT2D eigenvalue weighted by Crippen LogP contribution is -2.36. The monoisotopic (exact) mass is 441 g/mol. The second-order valence-corrected chi connectivity index (χ2v) is 8.32. The van der Waals surface area contributed by atoms with Crippen molar-refractivity contribution in [1.29, 1.82) is 0 Å². The molecule has 0 fully saturated rings. The van der Waals surface area contributed by atoms with Crippen molar-refractivity contribution in [3.63, 3.8) is 0 Å². The molecule has 0 bridgehead atoms. The van der Waals surface area contributed by atoms with Crippen LogP contribution in [0.2, 0.25) is 5.02 Å². The first-order chi connectivity index (χ1) is 14.9. The first-order valence-electron chi connectivity index (χ1n) is 10.3. The van der Waals surface area contributed by atoms with Crippen molar-refractivity contribution in [3.8, 4) is 11.5 Å². The van der Waals surface area contributed by atoms with Gasteiger partial charge in [0.1, 0.15) is 6.54 Å². The number of hydrogen-bond acceptors (Lipinski definition) is 5. The molecule has 0 saturated heterocycles. The number of amides is 1. The Bertz CT molecular complexity index is 1180. The van der Waals surface area contributed by atoms with Crippen LogP contribution in [0.15, 0.2) is 47.5 Å². The number of fused-ring (bicyclic) bond motifs is 2. The highest BCUT2D eigenvalue weighted by molar-refractivity contribution is 6.31. The van der Waals surface area contributed by atoms with Gasteiger partial charge in [-0.15, -0.1) is 0 Å². The maximum Gasteiger partial charge on any atom is 0.261 e. The van der Waals surface area contributed by atoms with E-state index >= 15 is 0 Å². The fraction of sp³-hybridized carbons (Fsp3) is 0.348. The Kier molecular flexibility index (Phi) is 6.13. The van der Waals surface area contributed by atoms with Gasteiger partial charge in [0, 0.05) is 11.4 Å². The Labute approximate surface area is 185 Å². The van der Waals surface area contributed by atoms with Crippen molar-refractivity contribution in [2.75, 3.05) is 13.2 Å². The molecule has 1 atom stereocenters. The number of benzene rings is 2. The number of rotatable bonds is 5. The third-order valence-electron chi connectivity index (χ3n) is 5.22. The summed E-state index contributed by atoms with van der Waals surface area (Å²) in [5, 5.41) is 3.97. The largest absolute Gasteiger partial charge is 0.490 e. The van der Waals surface area contributed by atoms with Crippen LogP contribution in [-0.4, -0.2) is 28.7 Å². The molecule has 0 saturated carbocycles. The van der Waals surface area contributed by atoms with Crippen molar-refractivity contribution in [1.82, 2.24) is 14.9 Å². The van der Waals surface area contributed by atoms with Crippen LogP contribution in [0.25, 0.3) is 10.9 Å². The zero-order chi connectivity index (χ0) is 22.0. The SMILES string of the molecule is CC(C)C(NC(=O)Cn1cnc2cc(Cl)ccc2c1=O)c1ccc2c(c1)OCCCO2. The maximum atomic E-state index is 12.8. The first-order valence-corrected chi connectivity index (χ1v) is 10.6. The van der Waals surface area contributed by atoms with Crippen LogP contribution in [0.1, 0.15) is 31.9 Å².